The highest BCUT2D eigenvalue weighted by atomic mass is 16.6. The van der Waals surface area contributed by atoms with E-state index in [1.54, 1.807) is 25.1 Å². The van der Waals surface area contributed by atoms with E-state index >= 15 is 0 Å². The van der Waals surface area contributed by atoms with E-state index in [1.165, 1.54) is 18.2 Å². The van der Waals surface area contributed by atoms with Crippen LogP contribution in [0.3, 0.4) is 0 Å². The number of hydrogen-bond donors (Lipinski definition) is 2. The zero-order chi connectivity index (χ0) is 24.5. The fraction of sp³-hybridized carbons (Fsp3) is 0.280. The maximum absolute atomic E-state index is 12.8. The van der Waals surface area contributed by atoms with Crippen molar-refractivity contribution in [2.45, 2.75) is 45.3 Å². The Kier molecular flexibility index (Phi) is 8.39. The van der Waals surface area contributed by atoms with Crippen molar-refractivity contribution in [3.63, 3.8) is 0 Å². The Bertz CT molecular complexity index is 1120. The summed E-state index contributed by atoms with van der Waals surface area (Å²) in [7, 11) is 0. The molecular formula is C25H26N2O7. The molecule has 0 spiro atoms. The van der Waals surface area contributed by atoms with Gasteiger partial charge in [0.1, 0.15) is 29.8 Å². The second kappa shape index (κ2) is 11.6. The van der Waals surface area contributed by atoms with Crippen molar-refractivity contribution >= 4 is 17.4 Å². The first-order valence-corrected chi connectivity index (χ1v) is 10.8. The highest BCUT2D eigenvalue weighted by Crippen LogP contribution is 2.29. The molecule has 34 heavy (non-hydrogen) atoms. The largest absolute Gasteiger partial charge is 0.508 e. The fourth-order valence-electron chi connectivity index (χ4n) is 3.37. The maximum Gasteiger partial charge on any atom is 0.342 e. The normalized spacial score (nSPS) is 20.0. The lowest BCUT2D eigenvalue weighted by Crippen LogP contribution is -2.17. The summed E-state index contributed by atoms with van der Waals surface area (Å²) < 4.78 is 5.47. The number of benzene rings is 2. The number of nitrogens with zero attached hydrogens (tertiary/aromatic N) is 2. The Balaban J connectivity index is 1.87. The van der Waals surface area contributed by atoms with E-state index in [0.29, 0.717) is 23.3 Å². The van der Waals surface area contributed by atoms with Crippen LogP contribution in [0.2, 0.25) is 0 Å². The number of phenolic OH excluding ortho intramolecular Hbond substituents is 2. The van der Waals surface area contributed by atoms with E-state index < -0.39 is 10.9 Å². The lowest BCUT2D eigenvalue weighted by atomic mass is 9.99. The topological polar surface area (TPSA) is 131 Å². The Morgan fingerprint density at radius 3 is 2.62 bits per heavy atom. The third-order valence-electron chi connectivity index (χ3n) is 5.07. The minimum Gasteiger partial charge on any atom is -0.508 e. The van der Waals surface area contributed by atoms with Gasteiger partial charge in [-0.1, -0.05) is 23.4 Å². The van der Waals surface area contributed by atoms with E-state index in [0.717, 1.165) is 18.9 Å². The third kappa shape index (κ3) is 6.93. The molecule has 1 heterocycles. The van der Waals surface area contributed by atoms with Crippen molar-refractivity contribution in [2.75, 3.05) is 0 Å². The third-order valence-corrected chi connectivity index (χ3v) is 5.07. The molecule has 1 aliphatic heterocycles. The summed E-state index contributed by atoms with van der Waals surface area (Å²) >= 11 is 0. The predicted molar refractivity (Wildman–Crippen MR) is 126 cm³/mol. The number of oxime groups is 1. The number of aromatic hydroxyl groups is 2. The van der Waals surface area contributed by atoms with Crippen molar-refractivity contribution in [3.05, 3.63) is 87.5 Å². The lowest BCUT2D eigenvalue weighted by Gasteiger charge is -2.16. The molecule has 1 atom stereocenters. The Morgan fingerprint density at radius 2 is 1.88 bits per heavy atom. The number of hydrogen-bond acceptors (Lipinski definition) is 8. The average Bonchev–Trinajstić information content (AvgIpc) is 2.77. The standard InChI is InChI=1S/C25H26N2O7/c1-17-7-5-3-2-4-6-8-20(26-33-16-18-9-11-21(12-10-18)27(31)32)13-19-14-22(28)15-23(29)24(19)25(30)34-17/h3,5-6,8-12,14-15,17,28-29H,2,4,7,13,16H2,1H3/b5-3+,8-6+,26-20+. The van der Waals surface area contributed by atoms with Gasteiger partial charge in [-0.25, -0.2) is 4.79 Å². The molecule has 0 amide bonds. The van der Waals surface area contributed by atoms with Gasteiger partial charge in [0, 0.05) is 31.0 Å². The summed E-state index contributed by atoms with van der Waals surface area (Å²) in [6.45, 7) is 1.85. The van der Waals surface area contributed by atoms with Crippen LogP contribution in [0, 0.1) is 10.1 Å². The molecule has 0 saturated carbocycles. The zero-order valence-electron chi connectivity index (χ0n) is 18.7. The van der Waals surface area contributed by atoms with Crippen molar-refractivity contribution in [1.82, 2.24) is 0 Å². The van der Waals surface area contributed by atoms with E-state index in [1.807, 2.05) is 18.2 Å². The number of rotatable bonds is 4. The van der Waals surface area contributed by atoms with E-state index in [2.05, 4.69) is 5.16 Å². The van der Waals surface area contributed by atoms with E-state index in [4.69, 9.17) is 9.57 Å². The molecule has 0 bridgehead atoms. The van der Waals surface area contributed by atoms with Crippen LogP contribution >= 0.6 is 0 Å². The van der Waals surface area contributed by atoms with Gasteiger partial charge in [-0.2, -0.15) is 0 Å². The summed E-state index contributed by atoms with van der Waals surface area (Å²) in [5.41, 5.74) is 1.43. The number of carbonyl (C=O) groups excluding carboxylic acids is 1. The second-order valence-corrected chi connectivity index (χ2v) is 7.86. The number of non-ortho nitro benzene ring substituents is 1. The minimum absolute atomic E-state index is 0.0180. The number of phenols is 2. The number of allylic oxidation sites excluding steroid dienone is 3. The molecule has 2 N–H and O–H groups in total. The molecule has 0 radical (unpaired) electrons. The number of carbonyl (C=O) groups is 1. The van der Waals surface area contributed by atoms with Crippen molar-refractivity contribution in [3.8, 4) is 11.5 Å². The SMILES string of the molecule is CC1C/C=C/CC/C=C/C(=N\OCc2ccc([N+](=O)[O-])cc2)Cc2cc(O)cc(O)c2C(=O)O1. The van der Waals surface area contributed by atoms with Crippen molar-refractivity contribution in [1.29, 1.82) is 0 Å². The molecule has 0 aliphatic carbocycles. The molecule has 0 saturated heterocycles. The monoisotopic (exact) mass is 466 g/mol. The molecule has 3 rings (SSSR count). The van der Waals surface area contributed by atoms with Crippen LogP contribution < -0.4 is 0 Å². The fourth-order valence-corrected chi connectivity index (χ4v) is 3.37. The first-order valence-electron chi connectivity index (χ1n) is 10.8. The molecule has 1 unspecified atom stereocenters. The second-order valence-electron chi connectivity index (χ2n) is 7.86. The van der Waals surface area contributed by atoms with Crippen LogP contribution in [0.15, 0.2) is 65.9 Å². The average molecular weight is 466 g/mol. The minimum atomic E-state index is -0.694. The summed E-state index contributed by atoms with van der Waals surface area (Å²) in [6, 6.07) is 8.40. The number of nitro benzene ring substituents is 1. The molecule has 2 aromatic carbocycles. The predicted octanol–water partition coefficient (Wildman–Crippen LogP) is 4.96. The summed E-state index contributed by atoms with van der Waals surface area (Å²) in [6.07, 6.45) is 9.43. The highest BCUT2D eigenvalue weighted by Gasteiger charge is 2.22. The molecule has 9 nitrogen and oxygen atoms in total. The van der Waals surface area contributed by atoms with Crippen LogP contribution in [-0.4, -0.2) is 32.9 Å². The molecule has 1 aliphatic rings. The van der Waals surface area contributed by atoms with Gasteiger partial charge >= 0.3 is 5.97 Å². The molecule has 0 aromatic heterocycles. The van der Waals surface area contributed by atoms with Crippen LogP contribution in [0.1, 0.15) is 47.7 Å². The van der Waals surface area contributed by atoms with Crippen LogP contribution in [0.25, 0.3) is 0 Å². The summed E-state index contributed by atoms with van der Waals surface area (Å²) in [4.78, 5) is 28.5. The van der Waals surface area contributed by atoms with Gasteiger partial charge in [0.15, 0.2) is 0 Å². The van der Waals surface area contributed by atoms with Gasteiger partial charge in [-0.15, -0.1) is 0 Å². The lowest BCUT2D eigenvalue weighted by molar-refractivity contribution is -0.384. The van der Waals surface area contributed by atoms with Crippen molar-refractivity contribution < 1.29 is 29.5 Å². The smallest absolute Gasteiger partial charge is 0.342 e. The Labute approximate surface area is 196 Å². The highest BCUT2D eigenvalue weighted by molar-refractivity contribution is 6.00. The first-order chi connectivity index (χ1) is 16.3. The Hall–Kier alpha value is -4.14. The maximum atomic E-state index is 12.8. The first kappa shape index (κ1) is 24.5. The Morgan fingerprint density at radius 1 is 1.15 bits per heavy atom. The number of nitro groups is 1. The van der Waals surface area contributed by atoms with Gasteiger partial charge in [-0.05, 0) is 55.2 Å². The van der Waals surface area contributed by atoms with E-state index in [9.17, 15) is 25.1 Å². The van der Waals surface area contributed by atoms with Crippen LogP contribution in [0.4, 0.5) is 5.69 Å². The summed E-state index contributed by atoms with van der Waals surface area (Å²) in [5, 5.41) is 35.3. The van der Waals surface area contributed by atoms with E-state index in [-0.39, 0.29) is 41.9 Å². The number of ether oxygens (including phenoxy) is 1. The van der Waals surface area contributed by atoms with Crippen LogP contribution in [0.5, 0.6) is 11.5 Å². The molecular weight excluding hydrogens is 440 g/mol. The van der Waals surface area contributed by atoms with Gasteiger partial charge in [0.2, 0.25) is 0 Å². The van der Waals surface area contributed by atoms with Gasteiger partial charge in [0.05, 0.1) is 10.6 Å². The molecule has 2 aromatic rings. The zero-order valence-corrected chi connectivity index (χ0v) is 18.7. The van der Waals surface area contributed by atoms with Crippen molar-refractivity contribution in [2.24, 2.45) is 5.16 Å². The number of cyclic esters (lactones) is 1. The van der Waals surface area contributed by atoms with Gasteiger partial charge < -0.3 is 19.8 Å². The van der Waals surface area contributed by atoms with Gasteiger partial charge in [0.25, 0.3) is 5.69 Å². The van der Waals surface area contributed by atoms with Crippen LogP contribution in [-0.2, 0) is 22.6 Å². The summed E-state index contributed by atoms with van der Waals surface area (Å²) in [5.74, 6) is -1.28. The molecule has 9 heteroatoms. The van der Waals surface area contributed by atoms with Gasteiger partial charge in [-0.3, -0.25) is 10.1 Å². The molecule has 0 fully saturated rings. The number of esters is 1. The quantitative estimate of drug-likeness (QED) is 0.282. The number of fused-ring (bicyclic) bond motifs is 1. The molecule has 178 valence electrons.